The quantitative estimate of drug-likeness (QED) is 0.703. The van der Waals surface area contributed by atoms with Gasteiger partial charge in [-0.1, -0.05) is 6.92 Å². The van der Waals surface area contributed by atoms with Crippen LogP contribution in [0.25, 0.3) is 5.82 Å². The Morgan fingerprint density at radius 1 is 1.58 bits per heavy atom. The summed E-state index contributed by atoms with van der Waals surface area (Å²) in [6.45, 7) is 2.07. The van der Waals surface area contributed by atoms with Crippen molar-refractivity contribution in [2.24, 2.45) is 0 Å². The van der Waals surface area contributed by atoms with Crippen molar-refractivity contribution in [3.05, 3.63) is 24.4 Å². The number of hydrogen-bond donors (Lipinski definition) is 1. The molecule has 0 spiro atoms. The molecule has 2 aromatic rings. The predicted octanol–water partition coefficient (Wildman–Crippen LogP) is 0.553. The first-order chi connectivity index (χ1) is 5.92. The van der Waals surface area contributed by atoms with Gasteiger partial charge >= 0.3 is 0 Å². The maximum Gasteiger partial charge on any atom is 0.154 e. The fourth-order valence-corrected chi connectivity index (χ4v) is 1.09. The maximum atomic E-state index is 4.00. The van der Waals surface area contributed by atoms with Crippen LogP contribution in [-0.2, 0) is 6.42 Å². The zero-order valence-electron chi connectivity index (χ0n) is 6.73. The van der Waals surface area contributed by atoms with E-state index in [0.29, 0.717) is 0 Å². The first kappa shape index (κ1) is 7.02. The Morgan fingerprint density at radius 2 is 2.50 bits per heavy atom. The lowest BCUT2D eigenvalue weighted by Gasteiger charge is -1.97. The molecule has 1 N–H and O–H groups in total. The minimum Gasteiger partial charge on any atom is -0.261 e. The van der Waals surface area contributed by atoms with Gasteiger partial charge in [0.15, 0.2) is 5.82 Å². The van der Waals surface area contributed by atoms with Crippen LogP contribution in [-0.4, -0.2) is 25.0 Å². The van der Waals surface area contributed by atoms with Crippen molar-refractivity contribution in [3.63, 3.8) is 0 Å². The first-order valence-corrected chi connectivity index (χ1v) is 3.79. The zero-order chi connectivity index (χ0) is 8.39. The van der Waals surface area contributed by atoms with Crippen molar-refractivity contribution in [1.29, 1.82) is 0 Å². The largest absolute Gasteiger partial charge is 0.261 e. The van der Waals surface area contributed by atoms with Crippen LogP contribution in [0.4, 0.5) is 0 Å². The van der Waals surface area contributed by atoms with E-state index >= 15 is 0 Å². The van der Waals surface area contributed by atoms with Crippen molar-refractivity contribution >= 4 is 0 Å². The van der Waals surface area contributed by atoms with Gasteiger partial charge < -0.3 is 0 Å². The van der Waals surface area contributed by atoms with Crippen LogP contribution in [0.3, 0.4) is 0 Å². The Bertz CT molecular complexity index is 348. The highest BCUT2D eigenvalue weighted by Crippen LogP contribution is 2.08. The summed E-state index contributed by atoms with van der Waals surface area (Å²) < 4.78 is 1.67. The number of rotatable bonds is 2. The van der Waals surface area contributed by atoms with Crippen molar-refractivity contribution in [2.75, 3.05) is 0 Å². The Balaban J connectivity index is 2.46. The average Bonchev–Trinajstić information content (AvgIpc) is 2.74. The number of nitrogens with zero attached hydrogens (tertiary/aromatic N) is 4. The SMILES string of the molecule is CCc1cn[nH]c1-n1cncn1. The summed E-state index contributed by atoms with van der Waals surface area (Å²) in [6, 6.07) is 0. The van der Waals surface area contributed by atoms with Gasteiger partial charge in [0.1, 0.15) is 12.7 Å². The lowest BCUT2D eigenvalue weighted by atomic mass is 10.2. The van der Waals surface area contributed by atoms with E-state index in [1.807, 2.05) is 0 Å². The lowest BCUT2D eigenvalue weighted by Crippen LogP contribution is -1.98. The maximum absolute atomic E-state index is 4.00. The highest BCUT2D eigenvalue weighted by Gasteiger charge is 2.04. The number of H-pyrrole nitrogens is 1. The van der Waals surface area contributed by atoms with Crippen LogP contribution >= 0.6 is 0 Å². The van der Waals surface area contributed by atoms with Crippen molar-refractivity contribution in [1.82, 2.24) is 25.0 Å². The summed E-state index contributed by atoms with van der Waals surface area (Å²) in [6.07, 6.45) is 5.88. The van der Waals surface area contributed by atoms with E-state index in [1.165, 1.54) is 6.33 Å². The van der Waals surface area contributed by atoms with Crippen molar-refractivity contribution in [3.8, 4) is 5.82 Å². The van der Waals surface area contributed by atoms with Gasteiger partial charge in [0.2, 0.25) is 0 Å². The summed E-state index contributed by atoms with van der Waals surface area (Å²) in [4.78, 5) is 3.86. The van der Waals surface area contributed by atoms with Gasteiger partial charge in [-0.05, 0) is 6.42 Å². The number of nitrogens with one attached hydrogen (secondary N) is 1. The van der Waals surface area contributed by atoms with Gasteiger partial charge in [0.05, 0.1) is 6.20 Å². The fraction of sp³-hybridized carbons (Fsp3) is 0.286. The second-order valence-electron chi connectivity index (χ2n) is 2.44. The van der Waals surface area contributed by atoms with Gasteiger partial charge in [0, 0.05) is 5.56 Å². The van der Waals surface area contributed by atoms with E-state index in [1.54, 1.807) is 17.2 Å². The normalized spacial score (nSPS) is 10.4. The standard InChI is InChI=1S/C7H9N5/c1-2-6-3-9-11-7(6)12-5-8-4-10-12/h3-5H,2H2,1H3,(H,9,11). The zero-order valence-corrected chi connectivity index (χ0v) is 6.73. The van der Waals surface area contributed by atoms with E-state index < -0.39 is 0 Å². The Hall–Kier alpha value is -1.65. The Labute approximate surface area is 69.4 Å². The monoisotopic (exact) mass is 163 g/mol. The molecule has 2 aromatic heterocycles. The van der Waals surface area contributed by atoms with Crippen LogP contribution in [0.1, 0.15) is 12.5 Å². The highest BCUT2D eigenvalue weighted by molar-refractivity contribution is 5.29. The molecule has 0 fully saturated rings. The second kappa shape index (κ2) is 2.77. The predicted molar refractivity (Wildman–Crippen MR) is 42.9 cm³/mol. The van der Waals surface area contributed by atoms with Crippen molar-refractivity contribution < 1.29 is 0 Å². The first-order valence-electron chi connectivity index (χ1n) is 3.79. The summed E-state index contributed by atoms with van der Waals surface area (Å²) >= 11 is 0. The molecule has 62 valence electrons. The summed E-state index contributed by atoms with van der Waals surface area (Å²) in [5.74, 6) is 0.898. The van der Waals surface area contributed by atoms with Crippen LogP contribution in [0.5, 0.6) is 0 Å². The van der Waals surface area contributed by atoms with Crippen molar-refractivity contribution in [2.45, 2.75) is 13.3 Å². The minimum absolute atomic E-state index is 0.898. The lowest BCUT2D eigenvalue weighted by molar-refractivity contribution is 0.824. The Morgan fingerprint density at radius 3 is 3.17 bits per heavy atom. The smallest absolute Gasteiger partial charge is 0.154 e. The van der Waals surface area contributed by atoms with Crippen LogP contribution in [0.15, 0.2) is 18.9 Å². The van der Waals surface area contributed by atoms with Gasteiger partial charge in [-0.15, -0.1) is 0 Å². The average molecular weight is 163 g/mol. The van der Waals surface area contributed by atoms with E-state index in [-0.39, 0.29) is 0 Å². The van der Waals surface area contributed by atoms with Gasteiger partial charge in [-0.3, -0.25) is 5.10 Å². The molecule has 2 heterocycles. The molecule has 0 aliphatic rings. The number of aromatic nitrogens is 5. The van der Waals surface area contributed by atoms with E-state index in [9.17, 15) is 0 Å². The van der Waals surface area contributed by atoms with E-state index in [0.717, 1.165) is 17.8 Å². The third kappa shape index (κ3) is 0.990. The Kier molecular flexibility index (Phi) is 1.62. The summed E-state index contributed by atoms with van der Waals surface area (Å²) in [5.41, 5.74) is 1.14. The molecule has 0 saturated heterocycles. The molecular weight excluding hydrogens is 154 g/mol. The molecule has 12 heavy (non-hydrogen) atoms. The molecule has 0 saturated carbocycles. The molecular formula is C7H9N5. The molecule has 0 atom stereocenters. The molecule has 0 aliphatic heterocycles. The molecule has 0 bridgehead atoms. The van der Waals surface area contributed by atoms with Gasteiger partial charge in [-0.2, -0.15) is 10.2 Å². The fourth-order valence-electron chi connectivity index (χ4n) is 1.09. The third-order valence-electron chi connectivity index (χ3n) is 1.72. The molecule has 0 aromatic carbocycles. The number of aryl methyl sites for hydroxylation is 1. The van der Waals surface area contributed by atoms with Crippen LogP contribution < -0.4 is 0 Å². The molecule has 0 amide bonds. The van der Waals surface area contributed by atoms with Gasteiger partial charge in [0.25, 0.3) is 0 Å². The summed E-state index contributed by atoms with van der Waals surface area (Å²) in [5, 5.41) is 10.8. The molecule has 5 nitrogen and oxygen atoms in total. The molecule has 2 rings (SSSR count). The number of aromatic amines is 1. The highest BCUT2D eigenvalue weighted by atomic mass is 15.4. The summed E-state index contributed by atoms with van der Waals surface area (Å²) in [7, 11) is 0. The second-order valence-corrected chi connectivity index (χ2v) is 2.44. The minimum atomic E-state index is 0.898. The van der Waals surface area contributed by atoms with Crippen LogP contribution in [0, 0.1) is 0 Å². The topological polar surface area (TPSA) is 59.4 Å². The molecule has 0 unspecified atom stereocenters. The van der Waals surface area contributed by atoms with Gasteiger partial charge in [-0.25, -0.2) is 9.67 Å². The molecule has 5 heteroatoms. The van der Waals surface area contributed by atoms with E-state index in [2.05, 4.69) is 27.2 Å². The molecule has 0 radical (unpaired) electrons. The third-order valence-corrected chi connectivity index (χ3v) is 1.72. The van der Waals surface area contributed by atoms with Crippen LogP contribution in [0.2, 0.25) is 0 Å². The molecule has 0 aliphatic carbocycles. The number of hydrogen-bond acceptors (Lipinski definition) is 3. The van der Waals surface area contributed by atoms with E-state index in [4.69, 9.17) is 0 Å².